The van der Waals surface area contributed by atoms with E-state index in [0.29, 0.717) is 22.7 Å². The highest BCUT2D eigenvalue weighted by atomic mass is 32.1. The predicted molar refractivity (Wildman–Crippen MR) is 106 cm³/mol. The van der Waals surface area contributed by atoms with E-state index in [-0.39, 0.29) is 11.5 Å². The van der Waals surface area contributed by atoms with Crippen LogP contribution in [-0.2, 0) is 0 Å². The van der Waals surface area contributed by atoms with Gasteiger partial charge in [0.2, 0.25) is 4.80 Å². The van der Waals surface area contributed by atoms with Gasteiger partial charge >= 0.3 is 0 Å². The molecule has 4 rings (SSSR count). The molecular weight excluding hydrogens is 362 g/mol. The van der Waals surface area contributed by atoms with Crippen molar-refractivity contribution in [1.29, 1.82) is 0 Å². The molecule has 0 spiro atoms. The molecule has 7 heteroatoms. The molecule has 0 atom stereocenters. The third kappa shape index (κ3) is 3.24. The Morgan fingerprint density at radius 1 is 1.15 bits per heavy atom. The van der Waals surface area contributed by atoms with Crippen LogP contribution in [0.15, 0.2) is 68.4 Å². The second kappa shape index (κ2) is 7.13. The Bertz CT molecular complexity index is 1170. The minimum Gasteiger partial charge on any atom is -0.504 e. The number of phenols is 2. The van der Waals surface area contributed by atoms with E-state index in [2.05, 4.69) is 10.1 Å². The summed E-state index contributed by atoms with van der Waals surface area (Å²) in [4.78, 5) is 5.19. The summed E-state index contributed by atoms with van der Waals surface area (Å²) in [5, 5.41) is 27.1. The first-order valence-corrected chi connectivity index (χ1v) is 9.30. The minimum atomic E-state index is -0.212. The van der Waals surface area contributed by atoms with Crippen molar-refractivity contribution in [2.45, 2.75) is 6.92 Å². The fourth-order valence-electron chi connectivity index (χ4n) is 2.71. The molecule has 27 heavy (non-hydrogen) atoms. The van der Waals surface area contributed by atoms with Crippen LogP contribution in [0.25, 0.3) is 22.4 Å². The number of hydrogen-bond donors (Lipinski definition) is 2. The lowest BCUT2D eigenvalue weighted by atomic mass is 10.2. The van der Waals surface area contributed by atoms with Crippen LogP contribution in [0.1, 0.15) is 12.5 Å². The van der Waals surface area contributed by atoms with Gasteiger partial charge in [-0.2, -0.15) is 5.10 Å². The maximum absolute atomic E-state index is 9.99. The second-order valence-electron chi connectivity index (χ2n) is 5.80. The van der Waals surface area contributed by atoms with E-state index in [9.17, 15) is 10.2 Å². The molecule has 2 N–H and O–H groups in total. The highest BCUT2D eigenvalue weighted by Crippen LogP contribution is 2.29. The Morgan fingerprint density at radius 3 is 2.81 bits per heavy atom. The van der Waals surface area contributed by atoms with Crippen LogP contribution in [0.3, 0.4) is 0 Å². The van der Waals surface area contributed by atoms with Crippen LogP contribution in [0, 0.1) is 0 Å². The van der Waals surface area contributed by atoms with Crippen molar-refractivity contribution < 1.29 is 14.6 Å². The van der Waals surface area contributed by atoms with Crippen LogP contribution < -0.4 is 4.80 Å². The molecule has 0 radical (unpaired) electrons. The number of furan rings is 1. The zero-order chi connectivity index (χ0) is 18.8. The average molecular weight is 379 g/mol. The molecule has 0 bridgehead atoms. The summed E-state index contributed by atoms with van der Waals surface area (Å²) in [7, 11) is 0. The van der Waals surface area contributed by atoms with E-state index in [1.807, 2.05) is 42.6 Å². The van der Waals surface area contributed by atoms with Gasteiger partial charge in [0.05, 0.1) is 6.21 Å². The molecule has 0 amide bonds. The molecule has 0 aliphatic rings. The fourth-order valence-corrected chi connectivity index (χ4v) is 3.59. The normalized spacial score (nSPS) is 12.4. The first-order chi connectivity index (χ1) is 13.2. The molecule has 4 aromatic rings. The van der Waals surface area contributed by atoms with Gasteiger partial charge in [0.15, 0.2) is 17.3 Å². The van der Waals surface area contributed by atoms with E-state index < -0.39 is 0 Å². The molecule has 6 nitrogen and oxygen atoms in total. The molecule has 2 aromatic carbocycles. The first-order valence-electron chi connectivity index (χ1n) is 8.42. The smallest absolute Gasteiger partial charge is 0.206 e. The average Bonchev–Trinajstić information content (AvgIpc) is 3.27. The summed E-state index contributed by atoms with van der Waals surface area (Å²) in [6.45, 7) is 2.57. The van der Waals surface area contributed by atoms with Crippen molar-refractivity contribution in [3.8, 4) is 23.0 Å². The Labute approximate surface area is 159 Å². The standard InChI is InChI=1S/C20H17N3O3S/c1-2-21-20-23(22-11-14-7-5-8-16(24)19(14)25)15(12-27-20)18-10-13-6-3-4-9-17(13)26-18/h3-12,24-25H,2H2,1H3. The van der Waals surface area contributed by atoms with Crippen molar-refractivity contribution in [1.82, 2.24) is 4.68 Å². The van der Waals surface area contributed by atoms with Gasteiger partial charge in [0.1, 0.15) is 11.3 Å². The summed E-state index contributed by atoms with van der Waals surface area (Å²) in [6.07, 6.45) is 1.49. The third-order valence-electron chi connectivity index (χ3n) is 4.01. The number of thiazole rings is 1. The molecule has 2 aromatic heterocycles. The summed E-state index contributed by atoms with van der Waals surface area (Å²) < 4.78 is 7.64. The van der Waals surface area contributed by atoms with Crippen LogP contribution >= 0.6 is 11.3 Å². The van der Waals surface area contributed by atoms with Crippen molar-refractivity contribution in [3.63, 3.8) is 0 Å². The van der Waals surface area contributed by atoms with E-state index >= 15 is 0 Å². The lowest BCUT2D eigenvalue weighted by Gasteiger charge is -2.02. The van der Waals surface area contributed by atoms with Crippen molar-refractivity contribution in [3.05, 3.63) is 64.3 Å². The van der Waals surface area contributed by atoms with Gasteiger partial charge in [0.25, 0.3) is 0 Å². The van der Waals surface area contributed by atoms with Crippen LogP contribution in [0.5, 0.6) is 11.5 Å². The molecule has 0 aliphatic carbocycles. The van der Waals surface area contributed by atoms with Gasteiger partial charge in [-0.1, -0.05) is 24.3 Å². The van der Waals surface area contributed by atoms with E-state index in [4.69, 9.17) is 4.42 Å². The van der Waals surface area contributed by atoms with E-state index in [0.717, 1.165) is 16.7 Å². The van der Waals surface area contributed by atoms with E-state index in [1.54, 1.807) is 16.8 Å². The van der Waals surface area contributed by atoms with Crippen LogP contribution in [-0.4, -0.2) is 27.6 Å². The van der Waals surface area contributed by atoms with Crippen molar-refractivity contribution >= 4 is 28.5 Å². The van der Waals surface area contributed by atoms with Crippen LogP contribution in [0.4, 0.5) is 0 Å². The fraction of sp³-hybridized carbons (Fsp3) is 0.100. The molecule has 0 unspecified atom stereocenters. The number of para-hydroxylation sites is 2. The van der Waals surface area contributed by atoms with Gasteiger partial charge in [0, 0.05) is 22.9 Å². The van der Waals surface area contributed by atoms with Crippen molar-refractivity contribution in [2.24, 2.45) is 10.1 Å². The van der Waals surface area contributed by atoms with Crippen molar-refractivity contribution in [2.75, 3.05) is 6.54 Å². The molecular formula is C20H17N3O3S. The zero-order valence-corrected chi connectivity index (χ0v) is 15.3. The molecule has 0 saturated heterocycles. The topological polar surface area (TPSA) is 83.2 Å². The summed E-state index contributed by atoms with van der Waals surface area (Å²) in [6, 6.07) is 14.5. The predicted octanol–water partition coefficient (Wildman–Crippen LogP) is 4.18. The summed E-state index contributed by atoms with van der Waals surface area (Å²) in [5.74, 6) is 0.281. The number of aromatic hydroxyl groups is 2. The molecule has 0 aliphatic heterocycles. The van der Waals surface area contributed by atoms with Gasteiger partial charge in [-0.05, 0) is 31.2 Å². The van der Waals surface area contributed by atoms with Gasteiger partial charge in [-0.25, -0.2) is 4.68 Å². The Morgan fingerprint density at radius 2 is 2.00 bits per heavy atom. The molecule has 136 valence electrons. The summed E-state index contributed by atoms with van der Waals surface area (Å²) >= 11 is 1.46. The summed E-state index contributed by atoms with van der Waals surface area (Å²) in [5.41, 5.74) is 1.97. The SMILES string of the molecule is CCN=c1scc(-c2cc3ccccc3o2)n1N=Cc1cccc(O)c1O. The van der Waals surface area contributed by atoms with Crippen LogP contribution in [0.2, 0.25) is 0 Å². The Kier molecular flexibility index (Phi) is 4.52. The minimum absolute atomic E-state index is 0.190. The number of fused-ring (bicyclic) bond motifs is 1. The largest absolute Gasteiger partial charge is 0.504 e. The molecule has 0 saturated carbocycles. The monoisotopic (exact) mass is 379 g/mol. The maximum Gasteiger partial charge on any atom is 0.206 e. The molecule has 0 fully saturated rings. The lowest BCUT2D eigenvalue weighted by molar-refractivity contribution is 0.403. The molecule has 2 heterocycles. The zero-order valence-electron chi connectivity index (χ0n) is 14.5. The highest BCUT2D eigenvalue weighted by Gasteiger charge is 2.13. The van der Waals surface area contributed by atoms with Gasteiger partial charge in [-0.3, -0.25) is 4.99 Å². The number of phenolic OH excluding ortho intramolecular Hbond substituents is 2. The number of benzene rings is 2. The first kappa shape index (κ1) is 17.1. The number of hydrogen-bond acceptors (Lipinski definition) is 6. The Hall–Kier alpha value is -3.32. The number of aromatic nitrogens is 1. The quantitative estimate of drug-likeness (QED) is 0.412. The number of rotatable bonds is 4. The maximum atomic E-state index is 9.99. The lowest BCUT2D eigenvalue weighted by Crippen LogP contribution is -2.12. The Balaban J connectivity index is 1.84. The van der Waals surface area contributed by atoms with Gasteiger partial charge in [-0.15, -0.1) is 11.3 Å². The second-order valence-corrected chi connectivity index (χ2v) is 6.63. The highest BCUT2D eigenvalue weighted by molar-refractivity contribution is 7.07. The number of nitrogens with zero attached hydrogens (tertiary/aromatic N) is 3. The van der Waals surface area contributed by atoms with Gasteiger partial charge < -0.3 is 14.6 Å². The third-order valence-corrected chi connectivity index (χ3v) is 4.87. The van der Waals surface area contributed by atoms with E-state index in [1.165, 1.54) is 23.6 Å².